The van der Waals surface area contributed by atoms with Crippen LogP contribution in [-0.4, -0.2) is 5.91 Å². The molecule has 3 rings (SSSR count). The molecule has 0 saturated carbocycles. The van der Waals surface area contributed by atoms with E-state index in [4.69, 9.17) is 0 Å². The van der Waals surface area contributed by atoms with E-state index in [1.165, 1.54) is 40.7 Å². The Morgan fingerprint density at radius 1 is 1.00 bits per heavy atom. The van der Waals surface area contributed by atoms with E-state index in [0.29, 0.717) is 0 Å². The van der Waals surface area contributed by atoms with Gasteiger partial charge in [0.25, 0.3) is 5.91 Å². The Balaban J connectivity index is 1.76. The number of nitrogens with one attached hydrogen (secondary N) is 1. The summed E-state index contributed by atoms with van der Waals surface area (Å²) < 4.78 is 0. The number of benzene rings is 2. The minimum absolute atomic E-state index is 0.0131. The van der Waals surface area contributed by atoms with Gasteiger partial charge in [-0.05, 0) is 80.8 Å². The molecular formula is C21H25NO. The summed E-state index contributed by atoms with van der Waals surface area (Å²) in [4.78, 5) is 12.6. The Hall–Kier alpha value is -2.09. The summed E-state index contributed by atoms with van der Waals surface area (Å²) in [7, 11) is 0. The van der Waals surface area contributed by atoms with Crippen LogP contribution in [0.4, 0.5) is 0 Å². The van der Waals surface area contributed by atoms with Crippen LogP contribution in [0.1, 0.15) is 64.0 Å². The number of amides is 1. The van der Waals surface area contributed by atoms with Crippen LogP contribution in [0.2, 0.25) is 0 Å². The maximum atomic E-state index is 12.6. The van der Waals surface area contributed by atoms with Gasteiger partial charge in [0.05, 0.1) is 6.04 Å². The first kappa shape index (κ1) is 15.8. The summed E-state index contributed by atoms with van der Waals surface area (Å²) in [6, 6.07) is 12.6. The summed E-state index contributed by atoms with van der Waals surface area (Å²) in [5.74, 6) is 0.0193. The van der Waals surface area contributed by atoms with Crippen LogP contribution in [0.3, 0.4) is 0 Å². The first-order valence-electron chi connectivity index (χ1n) is 8.54. The van der Waals surface area contributed by atoms with E-state index in [1.54, 1.807) is 0 Å². The molecule has 1 amide bonds. The number of carbonyl (C=O) groups is 1. The van der Waals surface area contributed by atoms with Gasteiger partial charge in [-0.3, -0.25) is 4.79 Å². The molecular weight excluding hydrogens is 282 g/mol. The number of carbonyl (C=O) groups excluding carboxylic acids is 1. The van der Waals surface area contributed by atoms with Crippen molar-refractivity contribution in [3.05, 3.63) is 69.8 Å². The van der Waals surface area contributed by atoms with E-state index < -0.39 is 0 Å². The molecule has 1 atom stereocenters. The molecule has 0 radical (unpaired) electrons. The molecule has 2 aromatic rings. The second kappa shape index (κ2) is 6.57. The number of aryl methyl sites for hydroxylation is 4. The third kappa shape index (κ3) is 3.47. The molecule has 120 valence electrons. The monoisotopic (exact) mass is 307 g/mol. The van der Waals surface area contributed by atoms with Gasteiger partial charge in [0.2, 0.25) is 0 Å². The first-order chi connectivity index (χ1) is 11.0. The molecule has 1 N–H and O–H groups in total. The van der Waals surface area contributed by atoms with Crippen LogP contribution < -0.4 is 5.32 Å². The van der Waals surface area contributed by atoms with E-state index >= 15 is 0 Å². The number of hydrogen-bond donors (Lipinski definition) is 1. The van der Waals surface area contributed by atoms with Crippen molar-refractivity contribution in [2.45, 2.75) is 52.5 Å². The van der Waals surface area contributed by atoms with Crippen LogP contribution in [0, 0.1) is 13.8 Å². The molecule has 1 aliphatic rings. The summed E-state index contributed by atoms with van der Waals surface area (Å²) in [5.41, 5.74) is 7.20. The fourth-order valence-corrected chi connectivity index (χ4v) is 3.54. The van der Waals surface area contributed by atoms with Gasteiger partial charge >= 0.3 is 0 Å². The van der Waals surface area contributed by atoms with Crippen LogP contribution in [-0.2, 0) is 12.8 Å². The van der Waals surface area contributed by atoms with Crippen molar-refractivity contribution in [2.24, 2.45) is 0 Å². The summed E-state index contributed by atoms with van der Waals surface area (Å²) in [6.07, 6.45) is 4.75. The Bertz CT molecular complexity index is 733. The van der Waals surface area contributed by atoms with Gasteiger partial charge in [-0.1, -0.05) is 29.8 Å². The summed E-state index contributed by atoms with van der Waals surface area (Å²) in [5, 5.41) is 3.14. The topological polar surface area (TPSA) is 29.1 Å². The van der Waals surface area contributed by atoms with Gasteiger partial charge in [0.15, 0.2) is 0 Å². The maximum Gasteiger partial charge on any atom is 0.251 e. The number of hydrogen-bond acceptors (Lipinski definition) is 1. The lowest BCUT2D eigenvalue weighted by Gasteiger charge is -2.19. The highest BCUT2D eigenvalue weighted by molar-refractivity contribution is 5.94. The maximum absolute atomic E-state index is 12.6. The van der Waals surface area contributed by atoms with E-state index in [1.807, 2.05) is 13.0 Å². The van der Waals surface area contributed by atoms with Crippen molar-refractivity contribution >= 4 is 5.91 Å². The molecule has 0 fully saturated rings. The van der Waals surface area contributed by atoms with Gasteiger partial charge < -0.3 is 5.32 Å². The lowest BCUT2D eigenvalue weighted by molar-refractivity contribution is 0.0939. The molecule has 0 aromatic heterocycles. The van der Waals surface area contributed by atoms with E-state index in [-0.39, 0.29) is 11.9 Å². The average molecular weight is 307 g/mol. The second-order valence-corrected chi connectivity index (χ2v) is 6.75. The summed E-state index contributed by atoms with van der Waals surface area (Å²) >= 11 is 0. The standard InChI is InChI=1S/C21H25NO/c1-14-8-11-20(15(2)12-14)16(3)22-21(23)19-10-9-17-6-4-5-7-18(17)13-19/h8-13,16H,4-7H2,1-3H3,(H,22,23)/t16-/m1/s1. The van der Waals surface area contributed by atoms with Crippen molar-refractivity contribution in [1.82, 2.24) is 5.32 Å². The molecule has 23 heavy (non-hydrogen) atoms. The molecule has 2 aromatic carbocycles. The normalized spacial score (nSPS) is 14.9. The number of fused-ring (bicyclic) bond motifs is 1. The minimum atomic E-state index is 0.0131. The molecule has 2 heteroatoms. The van der Waals surface area contributed by atoms with E-state index in [0.717, 1.165) is 18.4 Å². The Morgan fingerprint density at radius 3 is 2.48 bits per heavy atom. The van der Waals surface area contributed by atoms with Crippen molar-refractivity contribution in [3.8, 4) is 0 Å². The first-order valence-corrected chi connectivity index (χ1v) is 8.54. The van der Waals surface area contributed by atoms with Crippen molar-refractivity contribution in [3.63, 3.8) is 0 Å². The highest BCUT2D eigenvalue weighted by Crippen LogP contribution is 2.23. The molecule has 0 unspecified atom stereocenters. The Labute approximate surface area is 138 Å². The molecule has 0 saturated heterocycles. The van der Waals surface area contributed by atoms with Gasteiger partial charge in [-0.25, -0.2) is 0 Å². The SMILES string of the molecule is Cc1ccc([C@@H](C)NC(=O)c2ccc3c(c2)CCCC3)c(C)c1. The average Bonchev–Trinajstić information content (AvgIpc) is 2.54. The lowest BCUT2D eigenvalue weighted by atomic mass is 9.90. The fraction of sp³-hybridized carbons (Fsp3) is 0.381. The molecule has 0 bridgehead atoms. The molecule has 2 nitrogen and oxygen atoms in total. The van der Waals surface area contributed by atoms with E-state index in [9.17, 15) is 4.79 Å². The van der Waals surface area contributed by atoms with Crippen LogP contribution in [0.5, 0.6) is 0 Å². The largest absolute Gasteiger partial charge is 0.346 e. The zero-order valence-corrected chi connectivity index (χ0v) is 14.3. The molecule has 0 spiro atoms. The van der Waals surface area contributed by atoms with Gasteiger partial charge in [0, 0.05) is 5.56 Å². The van der Waals surface area contributed by atoms with Crippen LogP contribution >= 0.6 is 0 Å². The van der Waals surface area contributed by atoms with Crippen molar-refractivity contribution < 1.29 is 4.79 Å². The van der Waals surface area contributed by atoms with Gasteiger partial charge in [0.1, 0.15) is 0 Å². The highest BCUT2D eigenvalue weighted by atomic mass is 16.1. The van der Waals surface area contributed by atoms with Crippen molar-refractivity contribution in [2.75, 3.05) is 0 Å². The molecule has 1 aliphatic carbocycles. The molecule has 0 aliphatic heterocycles. The smallest absolute Gasteiger partial charge is 0.251 e. The summed E-state index contributed by atoms with van der Waals surface area (Å²) in [6.45, 7) is 6.24. The molecule has 0 heterocycles. The van der Waals surface area contributed by atoms with E-state index in [2.05, 4.69) is 49.5 Å². The Morgan fingerprint density at radius 2 is 1.74 bits per heavy atom. The predicted molar refractivity (Wildman–Crippen MR) is 94.9 cm³/mol. The second-order valence-electron chi connectivity index (χ2n) is 6.75. The highest BCUT2D eigenvalue weighted by Gasteiger charge is 2.16. The van der Waals surface area contributed by atoms with Gasteiger partial charge in [-0.2, -0.15) is 0 Å². The minimum Gasteiger partial charge on any atom is -0.346 e. The van der Waals surface area contributed by atoms with Crippen LogP contribution in [0.25, 0.3) is 0 Å². The lowest BCUT2D eigenvalue weighted by Crippen LogP contribution is -2.27. The number of rotatable bonds is 3. The third-order valence-electron chi connectivity index (χ3n) is 4.85. The quantitative estimate of drug-likeness (QED) is 0.877. The Kier molecular flexibility index (Phi) is 4.51. The zero-order chi connectivity index (χ0) is 16.4. The third-order valence-corrected chi connectivity index (χ3v) is 4.85. The predicted octanol–water partition coefficient (Wildman–Crippen LogP) is 4.67. The van der Waals surface area contributed by atoms with Crippen LogP contribution in [0.15, 0.2) is 36.4 Å². The van der Waals surface area contributed by atoms with Crippen molar-refractivity contribution in [1.29, 1.82) is 0 Å². The zero-order valence-electron chi connectivity index (χ0n) is 14.3. The van der Waals surface area contributed by atoms with Gasteiger partial charge in [-0.15, -0.1) is 0 Å². The fourth-order valence-electron chi connectivity index (χ4n) is 3.54.